The van der Waals surface area contributed by atoms with Crippen molar-refractivity contribution in [3.8, 4) is 0 Å². The molecule has 0 aliphatic rings. The molecule has 0 heterocycles. The standard InChI is InChI=1S/C14H24N/c1-6-13-7-9-14(10-8-13)11-15(4,5)12(2)3/h7-10,12H,6,11H2,1-5H3/q+1. The van der Waals surface area contributed by atoms with Gasteiger partial charge in [0, 0.05) is 5.56 Å². The molecule has 0 atom stereocenters. The van der Waals surface area contributed by atoms with Crippen molar-refractivity contribution in [1.29, 1.82) is 0 Å². The summed E-state index contributed by atoms with van der Waals surface area (Å²) in [4.78, 5) is 0. The maximum Gasteiger partial charge on any atom is 0.104 e. The lowest BCUT2D eigenvalue weighted by Crippen LogP contribution is -2.44. The predicted octanol–water partition coefficient (Wildman–Crippen LogP) is 3.23. The number of benzene rings is 1. The van der Waals surface area contributed by atoms with Crippen LogP contribution in [0.5, 0.6) is 0 Å². The highest BCUT2D eigenvalue weighted by Crippen LogP contribution is 2.14. The van der Waals surface area contributed by atoms with Crippen molar-refractivity contribution in [3.63, 3.8) is 0 Å². The fourth-order valence-corrected chi connectivity index (χ4v) is 1.53. The van der Waals surface area contributed by atoms with E-state index in [2.05, 4.69) is 59.1 Å². The Morgan fingerprint density at radius 3 is 1.87 bits per heavy atom. The van der Waals surface area contributed by atoms with Crippen LogP contribution in [0.15, 0.2) is 24.3 Å². The lowest BCUT2D eigenvalue weighted by molar-refractivity contribution is -0.924. The minimum atomic E-state index is 0.663. The molecule has 0 radical (unpaired) electrons. The Morgan fingerprint density at radius 2 is 1.47 bits per heavy atom. The van der Waals surface area contributed by atoms with Crippen molar-refractivity contribution in [2.24, 2.45) is 0 Å². The van der Waals surface area contributed by atoms with Crippen LogP contribution in [-0.2, 0) is 13.0 Å². The largest absolute Gasteiger partial charge is 0.323 e. The van der Waals surface area contributed by atoms with Gasteiger partial charge in [-0.2, -0.15) is 0 Å². The summed E-state index contributed by atoms with van der Waals surface area (Å²) in [6, 6.07) is 9.68. The highest BCUT2D eigenvalue weighted by atomic mass is 15.3. The van der Waals surface area contributed by atoms with Gasteiger partial charge in [-0.3, -0.25) is 0 Å². The molecule has 0 amide bonds. The number of quaternary nitrogens is 1. The monoisotopic (exact) mass is 206 g/mol. The van der Waals surface area contributed by atoms with Gasteiger partial charge < -0.3 is 4.48 Å². The molecule has 0 aliphatic heterocycles. The fraction of sp³-hybridized carbons (Fsp3) is 0.571. The number of hydrogen-bond acceptors (Lipinski definition) is 0. The first-order valence-electron chi connectivity index (χ1n) is 5.86. The van der Waals surface area contributed by atoms with Gasteiger partial charge in [-0.1, -0.05) is 31.2 Å². The van der Waals surface area contributed by atoms with Gasteiger partial charge in [-0.05, 0) is 25.8 Å². The third-order valence-electron chi connectivity index (χ3n) is 3.42. The van der Waals surface area contributed by atoms with Crippen LogP contribution in [0.1, 0.15) is 31.9 Å². The molecule has 0 bridgehead atoms. The van der Waals surface area contributed by atoms with Crippen LogP contribution < -0.4 is 0 Å². The summed E-state index contributed by atoms with van der Waals surface area (Å²) in [5, 5.41) is 0. The molecule has 15 heavy (non-hydrogen) atoms. The molecule has 0 fully saturated rings. The SMILES string of the molecule is CCc1ccc(C[N+](C)(C)C(C)C)cc1. The number of aryl methyl sites for hydroxylation is 1. The predicted molar refractivity (Wildman–Crippen MR) is 66.8 cm³/mol. The second-order valence-corrected chi connectivity index (χ2v) is 5.20. The van der Waals surface area contributed by atoms with Crippen molar-refractivity contribution in [2.75, 3.05) is 14.1 Å². The van der Waals surface area contributed by atoms with Gasteiger partial charge in [0.05, 0.1) is 20.1 Å². The topological polar surface area (TPSA) is 0 Å². The first-order chi connectivity index (χ1) is 6.95. The molecule has 0 saturated carbocycles. The molecule has 0 unspecified atom stereocenters. The van der Waals surface area contributed by atoms with Crippen LogP contribution in [0, 0.1) is 0 Å². The fourth-order valence-electron chi connectivity index (χ4n) is 1.53. The smallest absolute Gasteiger partial charge is 0.104 e. The molecular formula is C14H24N+. The highest BCUT2D eigenvalue weighted by molar-refractivity contribution is 5.21. The number of hydrogen-bond donors (Lipinski definition) is 0. The highest BCUT2D eigenvalue weighted by Gasteiger charge is 2.19. The van der Waals surface area contributed by atoms with Crippen molar-refractivity contribution in [2.45, 2.75) is 39.8 Å². The Kier molecular flexibility index (Phi) is 3.92. The van der Waals surface area contributed by atoms with Crippen LogP contribution in [0.4, 0.5) is 0 Å². The molecule has 0 N–H and O–H groups in total. The second-order valence-electron chi connectivity index (χ2n) is 5.20. The zero-order chi connectivity index (χ0) is 11.5. The summed E-state index contributed by atoms with van der Waals surface area (Å²) < 4.78 is 1.05. The lowest BCUT2D eigenvalue weighted by atomic mass is 10.1. The van der Waals surface area contributed by atoms with E-state index in [0.29, 0.717) is 6.04 Å². The summed E-state index contributed by atoms with van der Waals surface area (Å²) >= 11 is 0. The first kappa shape index (κ1) is 12.3. The molecule has 1 aromatic rings. The van der Waals surface area contributed by atoms with Gasteiger partial charge in [0.2, 0.25) is 0 Å². The molecule has 0 spiro atoms. The average molecular weight is 206 g/mol. The maximum atomic E-state index is 2.29. The minimum Gasteiger partial charge on any atom is -0.323 e. The zero-order valence-corrected chi connectivity index (χ0v) is 10.7. The summed E-state index contributed by atoms with van der Waals surface area (Å²) in [5.41, 5.74) is 2.86. The molecule has 0 aliphatic carbocycles. The normalized spacial score (nSPS) is 12.1. The van der Waals surface area contributed by atoms with E-state index in [-0.39, 0.29) is 0 Å². The van der Waals surface area contributed by atoms with E-state index in [4.69, 9.17) is 0 Å². The van der Waals surface area contributed by atoms with E-state index in [1.54, 1.807) is 0 Å². The third-order valence-corrected chi connectivity index (χ3v) is 3.42. The molecular weight excluding hydrogens is 182 g/mol. The van der Waals surface area contributed by atoms with E-state index < -0.39 is 0 Å². The maximum absolute atomic E-state index is 2.29. The molecule has 0 saturated heterocycles. The molecule has 1 aromatic carbocycles. The van der Waals surface area contributed by atoms with Crippen molar-refractivity contribution in [3.05, 3.63) is 35.4 Å². The Morgan fingerprint density at radius 1 is 1.00 bits per heavy atom. The molecule has 1 rings (SSSR count). The zero-order valence-electron chi connectivity index (χ0n) is 10.7. The Balaban J connectivity index is 2.73. The Hall–Kier alpha value is -0.820. The second kappa shape index (κ2) is 4.80. The van der Waals surface area contributed by atoms with Crippen molar-refractivity contribution < 1.29 is 4.48 Å². The average Bonchev–Trinajstić information content (AvgIpc) is 2.18. The number of rotatable bonds is 4. The van der Waals surface area contributed by atoms with Gasteiger partial charge in [0.1, 0.15) is 6.54 Å². The summed E-state index contributed by atoms with van der Waals surface area (Å²) in [7, 11) is 4.58. The van der Waals surface area contributed by atoms with Gasteiger partial charge in [-0.25, -0.2) is 0 Å². The molecule has 1 nitrogen and oxygen atoms in total. The summed E-state index contributed by atoms with van der Waals surface area (Å²) in [6.45, 7) is 7.87. The van der Waals surface area contributed by atoms with Crippen molar-refractivity contribution >= 4 is 0 Å². The Labute approximate surface area is 94.3 Å². The van der Waals surface area contributed by atoms with Crippen LogP contribution in [0.3, 0.4) is 0 Å². The third kappa shape index (κ3) is 3.35. The van der Waals surface area contributed by atoms with E-state index in [0.717, 1.165) is 17.4 Å². The van der Waals surface area contributed by atoms with Gasteiger partial charge in [0.25, 0.3) is 0 Å². The van der Waals surface area contributed by atoms with E-state index >= 15 is 0 Å². The number of nitrogens with zero attached hydrogens (tertiary/aromatic N) is 1. The van der Waals surface area contributed by atoms with E-state index in [9.17, 15) is 0 Å². The van der Waals surface area contributed by atoms with Gasteiger partial charge >= 0.3 is 0 Å². The van der Waals surface area contributed by atoms with Gasteiger partial charge in [-0.15, -0.1) is 0 Å². The lowest BCUT2D eigenvalue weighted by Gasteiger charge is -2.34. The Bertz CT molecular complexity index is 296. The van der Waals surface area contributed by atoms with E-state index in [1.165, 1.54) is 11.1 Å². The van der Waals surface area contributed by atoms with Crippen LogP contribution in [-0.4, -0.2) is 24.6 Å². The summed E-state index contributed by atoms with van der Waals surface area (Å²) in [5.74, 6) is 0. The minimum absolute atomic E-state index is 0.663. The quantitative estimate of drug-likeness (QED) is 0.663. The summed E-state index contributed by atoms with van der Waals surface area (Å²) in [6.07, 6.45) is 1.13. The first-order valence-corrected chi connectivity index (χ1v) is 5.86. The van der Waals surface area contributed by atoms with Crippen LogP contribution in [0.25, 0.3) is 0 Å². The molecule has 0 aromatic heterocycles. The van der Waals surface area contributed by atoms with Crippen LogP contribution >= 0.6 is 0 Å². The van der Waals surface area contributed by atoms with E-state index in [1.807, 2.05) is 0 Å². The van der Waals surface area contributed by atoms with Crippen LogP contribution in [0.2, 0.25) is 0 Å². The molecule has 84 valence electrons. The van der Waals surface area contributed by atoms with Gasteiger partial charge in [0.15, 0.2) is 0 Å². The van der Waals surface area contributed by atoms with Crippen molar-refractivity contribution in [1.82, 2.24) is 0 Å². The molecule has 1 heteroatoms.